The van der Waals surface area contributed by atoms with Gasteiger partial charge in [0.15, 0.2) is 11.2 Å². The lowest BCUT2D eigenvalue weighted by molar-refractivity contribution is -0.127. The number of nitrogens with zero attached hydrogens (tertiary/aromatic N) is 2. The van der Waals surface area contributed by atoms with Crippen LogP contribution in [0.2, 0.25) is 0 Å². The summed E-state index contributed by atoms with van der Waals surface area (Å²) in [5.74, 6) is 1.26. The number of nitrogens with one attached hydrogen (secondary N) is 2. The van der Waals surface area contributed by atoms with E-state index in [9.17, 15) is 4.79 Å². The largest absolute Gasteiger partial charge is 0.488 e. The molecular weight excluding hydrogens is 512 g/mol. The van der Waals surface area contributed by atoms with Gasteiger partial charge in [-0.2, -0.15) is 0 Å². The Morgan fingerprint density at radius 1 is 1.09 bits per heavy atom. The average molecular weight is 535 g/mol. The van der Waals surface area contributed by atoms with E-state index in [2.05, 4.69) is 33.1 Å². The second kappa shape index (κ2) is 9.95. The molecule has 2 N–H and O–H groups in total. The minimum absolute atomic E-state index is 0.109. The van der Waals surface area contributed by atoms with Crippen LogP contribution in [-0.2, 0) is 11.4 Å². The first-order valence-electron chi connectivity index (χ1n) is 10.9. The van der Waals surface area contributed by atoms with E-state index in [1.165, 1.54) is 11.8 Å². The van der Waals surface area contributed by atoms with Gasteiger partial charge in [0.1, 0.15) is 18.5 Å². The molecule has 3 aromatic rings. The van der Waals surface area contributed by atoms with Crippen LogP contribution in [-0.4, -0.2) is 21.8 Å². The van der Waals surface area contributed by atoms with Gasteiger partial charge in [0.2, 0.25) is 0 Å². The standard InChI is InChI=1S/C26H23BrN4O2S/c1-2-14-34-26-29-25(32)23-19-10-6-7-11-21(19)28-24(31(23)30-26)20-15-18(27)12-13-22(20)33-16-17-8-4-3-5-9-17/h2-13,15,23-24,28H,1,14,16H2,(H,29,30,32)/t23-,24-/m0/s1. The summed E-state index contributed by atoms with van der Waals surface area (Å²) in [4.78, 5) is 13.3. The number of para-hydroxylation sites is 1. The van der Waals surface area contributed by atoms with Gasteiger partial charge in [-0.3, -0.25) is 9.80 Å². The van der Waals surface area contributed by atoms with Gasteiger partial charge in [-0.25, -0.2) is 0 Å². The van der Waals surface area contributed by atoms with Crippen LogP contribution in [0.4, 0.5) is 5.69 Å². The highest BCUT2D eigenvalue weighted by atomic mass is 79.9. The van der Waals surface area contributed by atoms with Gasteiger partial charge in [-0.1, -0.05) is 82.3 Å². The quantitative estimate of drug-likeness (QED) is 0.390. The second-order valence-electron chi connectivity index (χ2n) is 7.87. The van der Waals surface area contributed by atoms with Crippen LogP contribution >= 0.6 is 27.7 Å². The number of hydrazone groups is 1. The monoisotopic (exact) mass is 534 g/mol. The maximum Gasteiger partial charge on any atom is 0.255 e. The molecule has 5 rings (SSSR count). The Labute approximate surface area is 211 Å². The van der Waals surface area contributed by atoms with Crippen LogP contribution in [0.25, 0.3) is 0 Å². The highest BCUT2D eigenvalue weighted by Crippen LogP contribution is 2.45. The van der Waals surface area contributed by atoms with Crippen molar-refractivity contribution in [3.8, 4) is 5.75 Å². The number of amides is 1. The fourth-order valence-electron chi connectivity index (χ4n) is 4.08. The van der Waals surface area contributed by atoms with Gasteiger partial charge in [0, 0.05) is 27.0 Å². The fourth-order valence-corrected chi connectivity index (χ4v) is 5.05. The third kappa shape index (κ3) is 4.56. The molecule has 0 aromatic heterocycles. The molecule has 0 spiro atoms. The third-order valence-electron chi connectivity index (χ3n) is 5.60. The Hall–Kier alpha value is -3.23. The smallest absolute Gasteiger partial charge is 0.255 e. The van der Waals surface area contributed by atoms with E-state index < -0.39 is 12.2 Å². The van der Waals surface area contributed by atoms with Crippen molar-refractivity contribution in [2.75, 3.05) is 11.1 Å². The fraction of sp³-hybridized carbons (Fsp3) is 0.154. The Morgan fingerprint density at radius 3 is 2.71 bits per heavy atom. The van der Waals surface area contributed by atoms with Crippen molar-refractivity contribution in [3.05, 3.63) is 107 Å². The van der Waals surface area contributed by atoms with E-state index in [4.69, 9.17) is 9.84 Å². The zero-order valence-corrected chi connectivity index (χ0v) is 20.7. The maximum absolute atomic E-state index is 13.3. The number of hydrogen-bond acceptors (Lipinski definition) is 6. The van der Waals surface area contributed by atoms with Crippen LogP contribution in [0.5, 0.6) is 5.75 Å². The van der Waals surface area contributed by atoms with Crippen molar-refractivity contribution in [2.24, 2.45) is 5.10 Å². The first kappa shape index (κ1) is 22.6. The molecule has 0 saturated carbocycles. The number of fused-ring (bicyclic) bond motifs is 3. The summed E-state index contributed by atoms with van der Waals surface area (Å²) in [6.07, 6.45) is 1.38. The Bertz CT molecular complexity index is 1250. The lowest BCUT2D eigenvalue weighted by atomic mass is 9.97. The molecule has 34 heavy (non-hydrogen) atoms. The van der Waals surface area contributed by atoms with Crippen LogP contribution < -0.4 is 15.4 Å². The van der Waals surface area contributed by atoms with Gasteiger partial charge in [0.05, 0.1) is 0 Å². The van der Waals surface area contributed by atoms with Crippen molar-refractivity contribution in [3.63, 3.8) is 0 Å². The molecule has 2 heterocycles. The molecule has 0 radical (unpaired) electrons. The first-order chi connectivity index (χ1) is 16.6. The molecule has 0 aliphatic carbocycles. The van der Waals surface area contributed by atoms with Crippen LogP contribution in [0.1, 0.15) is 28.9 Å². The number of amidine groups is 1. The van der Waals surface area contributed by atoms with E-state index in [0.717, 1.165) is 32.6 Å². The molecule has 172 valence electrons. The molecule has 6 nitrogen and oxygen atoms in total. The molecule has 0 bridgehead atoms. The van der Waals surface area contributed by atoms with Crippen molar-refractivity contribution < 1.29 is 9.53 Å². The SMILES string of the molecule is C=CCSC1=NN2[C@@H](c3cc(Br)ccc3OCc3ccccc3)Nc3ccccc3[C@H]2C(=O)N1. The number of ether oxygens (including phenoxy) is 1. The molecule has 0 saturated heterocycles. The minimum atomic E-state index is -0.559. The maximum atomic E-state index is 13.3. The summed E-state index contributed by atoms with van der Waals surface area (Å²) in [6, 6.07) is 23.2. The van der Waals surface area contributed by atoms with E-state index in [1.54, 1.807) is 6.08 Å². The zero-order valence-electron chi connectivity index (χ0n) is 18.3. The highest BCUT2D eigenvalue weighted by Gasteiger charge is 2.42. The van der Waals surface area contributed by atoms with Crippen LogP contribution in [0, 0.1) is 0 Å². The molecule has 1 amide bonds. The number of hydrogen-bond donors (Lipinski definition) is 2. The number of carbonyl (C=O) groups excluding carboxylic acids is 1. The van der Waals surface area contributed by atoms with E-state index in [-0.39, 0.29) is 5.91 Å². The summed E-state index contributed by atoms with van der Waals surface area (Å²) in [5.41, 5.74) is 3.75. The van der Waals surface area contributed by atoms with Gasteiger partial charge in [-0.05, 0) is 29.8 Å². The Kier molecular flexibility index (Phi) is 6.60. The summed E-state index contributed by atoms with van der Waals surface area (Å²) < 4.78 is 7.18. The van der Waals surface area contributed by atoms with Crippen LogP contribution in [0.15, 0.2) is 95.0 Å². The average Bonchev–Trinajstić information content (AvgIpc) is 2.86. The Morgan fingerprint density at radius 2 is 1.88 bits per heavy atom. The van der Waals surface area contributed by atoms with Crippen molar-refractivity contribution >= 4 is 44.5 Å². The zero-order chi connectivity index (χ0) is 23.5. The van der Waals surface area contributed by atoms with E-state index >= 15 is 0 Å². The third-order valence-corrected chi connectivity index (χ3v) is 6.96. The molecule has 2 aliphatic rings. The number of rotatable bonds is 6. The second-order valence-corrected chi connectivity index (χ2v) is 9.79. The number of thioether (sulfide) groups is 1. The van der Waals surface area contributed by atoms with Gasteiger partial charge in [-0.15, -0.1) is 11.7 Å². The highest BCUT2D eigenvalue weighted by molar-refractivity contribution is 9.10. The molecule has 3 aromatic carbocycles. The van der Waals surface area contributed by atoms with Gasteiger partial charge >= 0.3 is 0 Å². The van der Waals surface area contributed by atoms with Crippen LogP contribution in [0.3, 0.4) is 0 Å². The Balaban J connectivity index is 1.56. The summed E-state index contributed by atoms with van der Waals surface area (Å²) in [7, 11) is 0. The van der Waals surface area contributed by atoms with Crippen molar-refractivity contribution in [2.45, 2.75) is 18.8 Å². The first-order valence-corrected chi connectivity index (χ1v) is 12.6. The molecular formula is C26H23BrN4O2S. The van der Waals surface area contributed by atoms with E-state index in [0.29, 0.717) is 17.5 Å². The van der Waals surface area contributed by atoms with Crippen molar-refractivity contribution in [1.82, 2.24) is 10.3 Å². The lowest BCUT2D eigenvalue weighted by Gasteiger charge is -2.44. The van der Waals surface area contributed by atoms with Crippen molar-refractivity contribution in [1.29, 1.82) is 0 Å². The normalized spacial score (nSPS) is 18.7. The number of halogens is 1. The molecule has 0 fully saturated rings. The number of anilines is 1. The van der Waals surface area contributed by atoms with E-state index in [1.807, 2.05) is 77.8 Å². The minimum Gasteiger partial charge on any atom is -0.488 e. The lowest BCUT2D eigenvalue weighted by Crippen LogP contribution is -2.51. The predicted octanol–water partition coefficient (Wildman–Crippen LogP) is 5.82. The number of benzene rings is 3. The molecule has 2 aliphatic heterocycles. The topological polar surface area (TPSA) is 66.0 Å². The molecule has 0 unspecified atom stereocenters. The summed E-state index contributed by atoms with van der Waals surface area (Å²) in [5, 5.41) is 13.8. The van der Waals surface area contributed by atoms with Gasteiger partial charge in [0.25, 0.3) is 5.91 Å². The molecule has 8 heteroatoms. The van der Waals surface area contributed by atoms with Gasteiger partial charge < -0.3 is 15.4 Å². The summed E-state index contributed by atoms with van der Waals surface area (Å²) >= 11 is 5.04. The number of carbonyl (C=O) groups is 1. The molecule has 2 atom stereocenters. The predicted molar refractivity (Wildman–Crippen MR) is 141 cm³/mol. The summed E-state index contributed by atoms with van der Waals surface area (Å²) in [6.45, 7) is 4.21.